The van der Waals surface area contributed by atoms with Gasteiger partial charge in [0.2, 0.25) is 5.95 Å². The Balaban J connectivity index is 2.21. The first-order chi connectivity index (χ1) is 8.28. The number of nitrogens with one attached hydrogen (secondary N) is 1. The molecule has 0 saturated carbocycles. The van der Waals surface area contributed by atoms with E-state index in [9.17, 15) is 0 Å². The summed E-state index contributed by atoms with van der Waals surface area (Å²) >= 11 is 0. The zero-order valence-electron chi connectivity index (χ0n) is 9.97. The van der Waals surface area contributed by atoms with Gasteiger partial charge in [-0.1, -0.05) is 18.2 Å². The first-order valence-corrected chi connectivity index (χ1v) is 5.43. The normalized spacial score (nSPS) is 10.2. The third-order valence-electron chi connectivity index (χ3n) is 2.23. The first-order valence-electron chi connectivity index (χ1n) is 5.43. The van der Waals surface area contributed by atoms with E-state index in [0.29, 0.717) is 12.6 Å². The summed E-state index contributed by atoms with van der Waals surface area (Å²) in [6.45, 7) is 2.43. The second-order valence-corrected chi connectivity index (χ2v) is 3.75. The molecule has 0 aliphatic carbocycles. The van der Waals surface area contributed by atoms with E-state index in [-0.39, 0.29) is 0 Å². The minimum atomic E-state index is 0.493. The van der Waals surface area contributed by atoms with Crippen molar-refractivity contribution in [1.29, 1.82) is 0 Å². The van der Waals surface area contributed by atoms with Gasteiger partial charge in [0.25, 0.3) is 0 Å². The number of hydrogen-bond donors (Lipinski definition) is 1. The predicted molar refractivity (Wildman–Crippen MR) is 67.2 cm³/mol. The number of methoxy groups -OCH3 is 1. The average Bonchev–Trinajstić information content (AvgIpc) is 2.30. The fraction of sp³-hybridized carbons (Fsp3) is 0.231. The largest absolute Gasteiger partial charge is 0.378 e. The Bertz CT molecular complexity index is 485. The SMILES string of the molecule is COCc1cc(C)nc(Nc2ccccc2)n1. The second kappa shape index (κ2) is 5.41. The highest BCUT2D eigenvalue weighted by Gasteiger charge is 2.02. The van der Waals surface area contributed by atoms with Crippen LogP contribution >= 0.6 is 0 Å². The maximum absolute atomic E-state index is 5.07. The molecule has 0 amide bonds. The number of aromatic nitrogens is 2. The van der Waals surface area contributed by atoms with Gasteiger partial charge >= 0.3 is 0 Å². The molecule has 0 atom stereocenters. The quantitative estimate of drug-likeness (QED) is 0.875. The Morgan fingerprint density at radius 1 is 1.18 bits per heavy atom. The number of rotatable bonds is 4. The summed E-state index contributed by atoms with van der Waals surface area (Å²) in [5.74, 6) is 0.600. The number of ether oxygens (including phenoxy) is 1. The number of nitrogens with zero attached hydrogens (tertiary/aromatic N) is 2. The van der Waals surface area contributed by atoms with E-state index in [1.807, 2.05) is 43.3 Å². The molecule has 1 aromatic heterocycles. The Labute approximate surface area is 101 Å². The van der Waals surface area contributed by atoms with Crippen molar-refractivity contribution in [3.63, 3.8) is 0 Å². The molecule has 4 nitrogen and oxygen atoms in total. The zero-order chi connectivity index (χ0) is 12.1. The molecule has 2 aromatic rings. The molecule has 0 spiro atoms. The Morgan fingerprint density at radius 3 is 2.65 bits per heavy atom. The molecule has 0 saturated heterocycles. The highest BCUT2D eigenvalue weighted by atomic mass is 16.5. The summed E-state index contributed by atoms with van der Waals surface area (Å²) in [4.78, 5) is 8.70. The van der Waals surface area contributed by atoms with Gasteiger partial charge in [0.15, 0.2) is 0 Å². The summed E-state index contributed by atoms with van der Waals surface area (Å²) < 4.78 is 5.07. The van der Waals surface area contributed by atoms with E-state index in [1.165, 1.54) is 0 Å². The van der Waals surface area contributed by atoms with E-state index in [0.717, 1.165) is 17.1 Å². The Morgan fingerprint density at radius 2 is 1.94 bits per heavy atom. The first kappa shape index (κ1) is 11.5. The van der Waals surface area contributed by atoms with Crippen molar-refractivity contribution in [3.05, 3.63) is 47.8 Å². The fourth-order valence-electron chi connectivity index (χ4n) is 1.56. The number of hydrogen-bond acceptors (Lipinski definition) is 4. The van der Waals surface area contributed by atoms with Gasteiger partial charge in [-0.05, 0) is 25.1 Å². The lowest BCUT2D eigenvalue weighted by Crippen LogP contribution is -2.02. The maximum Gasteiger partial charge on any atom is 0.227 e. The molecular formula is C13H15N3O. The second-order valence-electron chi connectivity index (χ2n) is 3.75. The summed E-state index contributed by atoms with van der Waals surface area (Å²) in [7, 11) is 1.65. The molecule has 0 radical (unpaired) electrons. The minimum Gasteiger partial charge on any atom is -0.378 e. The third-order valence-corrected chi connectivity index (χ3v) is 2.23. The smallest absolute Gasteiger partial charge is 0.227 e. The number of para-hydroxylation sites is 1. The Hall–Kier alpha value is -1.94. The van der Waals surface area contributed by atoms with Crippen molar-refractivity contribution < 1.29 is 4.74 Å². The summed E-state index contributed by atoms with van der Waals surface area (Å²) in [5.41, 5.74) is 2.77. The van der Waals surface area contributed by atoms with Gasteiger partial charge in [-0.3, -0.25) is 0 Å². The highest BCUT2D eigenvalue weighted by molar-refractivity contribution is 5.52. The lowest BCUT2D eigenvalue weighted by molar-refractivity contribution is 0.181. The maximum atomic E-state index is 5.07. The van der Waals surface area contributed by atoms with Crippen LogP contribution in [-0.4, -0.2) is 17.1 Å². The van der Waals surface area contributed by atoms with Crippen LogP contribution in [0, 0.1) is 6.92 Å². The van der Waals surface area contributed by atoms with E-state index >= 15 is 0 Å². The molecule has 1 N–H and O–H groups in total. The van der Waals surface area contributed by atoms with Crippen molar-refractivity contribution in [2.45, 2.75) is 13.5 Å². The third kappa shape index (κ3) is 3.26. The molecule has 0 aliphatic rings. The van der Waals surface area contributed by atoms with Crippen molar-refractivity contribution in [2.24, 2.45) is 0 Å². The summed E-state index contributed by atoms with van der Waals surface area (Å²) in [6, 6.07) is 11.8. The lowest BCUT2D eigenvalue weighted by atomic mass is 10.3. The van der Waals surface area contributed by atoms with Crippen molar-refractivity contribution in [3.8, 4) is 0 Å². The molecule has 0 aliphatic heterocycles. The van der Waals surface area contributed by atoms with Gasteiger partial charge in [0.1, 0.15) is 0 Å². The number of anilines is 2. The molecule has 0 fully saturated rings. The van der Waals surface area contributed by atoms with Crippen LogP contribution in [0.5, 0.6) is 0 Å². The fourth-order valence-corrected chi connectivity index (χ4v) is 1.56. The highest BCUT2D eigenvalue weighted by Crippen LogP contribution is 2.13. The Kier molecular flexibility index (Phi) is 3.67. The van der Waals surface area contributed by atoms with Crippen LogP contribution in [0.15, 0.2) is 36.4 Å². The van der Waals surface area contributed by atoms with Crippen LogP contribution in [0.4, 0.5) is 11.6 Å². The van der Waals surface area contributed by atoms with Gasteiger partial charge in [0, 0.05) is 18.5 Å². The van der Waals surface area contributed by atoms with Crippen LogP contribution in [0.2, 0.25) is 0 Å². The number of benzene rings is 1. The minimum absolute atomic E-state index is 0.493. The van der Waals surface area contributed by atoms with Crippen LogP contribution in [0.25, 0.3) is 0 Å². The topological polar surface area (TPSA) is 47.0 Å². The molecule has 88 valence electrons. The lowest BCUT2D eigenvalue weighted by Gasteiger charge is -2.07. The van der Waals surface area contributed by atoms with Gasteiger partial charge in [-0.2, -0.15) is 0 Å². The number of aryl methyl sites for hydroxylation is 1. The monoisotopic (exact) mass is 229 g/mol. The van der Waals surface area contributed by atoms with E-state index in [4.69, 9.17) is 4.74 Å². The predicted octanol–water partition coefficient (Wildman–Crippen LogP) is 2.68. The van der Waals surface area contributed by atoms with E-state index in [2.05, 4.69) is 15.3 Å². The molecule has 0 bridgehead atoms. The molecule has 0 unspecified atom stereocenters. The standard InChI is InChI=1S/C13H15N3O/c1-10-8-12(9-17-2)16-13(14-10)15-11-6-4-3-5-7-11/h3-8H,9H2,1-2H3,(H,14,15,16). The summed E-state index contributed by atoms with van der Waals surface area (Å²) in [6.07, 6.45) is 0. The molecule has 2 rings (SSSR count). The zero-order valence-corrected chi connectivity index (χ0v) is 9.97. The van der Waals surface area contributed by atoms with Crippen molar-refractivity contribution in [1.82, 2.24) is 9.97 Å². The van der Waals surface area contributed by atoms with Gasteiger partial charge in [0.05, 0.1) is 12.3 Å². The van der Waals surface area contributed by atoms with Crippen molar-refractivity contribution in [2.75, 3.05) is 12.4 Å². The molecule has 1 heterocycles. The van der Waals surface area contributed by atoms with Crippen LogP contribution in [0.1, 0.15) is 11.4 Å². The van der Waals surface area contributed by atoms with Gasteiger partial charge in [-0.15, -0.1) is 0 Å². The van der Waals surface area contributed by atoms with Gasteiger partial charge in [-0.25, -0.2) is 9.97 Å². The average molecular weight is 229 g/mol. The molecule has 1 aromatic carbocycles. The van der Waals surface area contributed by atoms with Crippen molar-refractivity contribution >= 4 is 11.6 Å². The van der Waals surface area contributed by atoms with Crippen LogP contribution in [0.3, 0.4) is 0 Å². The van der Waals surface area contributed by atoms with Gasteiger partial charge < -0.3 is 10.1 Å². The molecule has 4 heteroatoms. The summed E-state index contributed by atoms with van der Waals surface area (Å²) in [5, 5.41) is 3.17. The van der Waals surface area contributed by atoms with E-state index in [1.54, 1.807) is 7.11 Å². The van der Waals surface area contributed by atoms with E-state index < -0.39 is 0 Å². The van der Waals surface area contributed by atoms with Crippen LogP contribution < -0.4 is 5.32 Å². The molecule has 17 heavy (non-hydrogen) atoms. The van der Waals surface area contributed by atoms with Crippen LogP contribution in [-0.2, 0) is 11.3 Å². The molecular weight excluding hydrogens is 214 g/mol.